The Morgan fingerprint density at radius 1 is 0.220 bits per heavy atom. The molecule has 0 fully saturated rings. The zero-order valence-electron chi connectivity index (χ0n) is 53.2. The second-order valence-corrected chi connectivity index (χ2v) is 22.0. The number of carboxylic acids is 6. The molecule has 12 nitrogen and oxygen atoms in total. The first-order valence-electron chi connectivity index (χ1n) is 33.1. The summed E-state index contributed by atoms with van der Waals surface area (Å²) in [5.41, 5.74) is -0.513. The summed E-state index contributed by atoms with van der Waals surface area (Å²) in [6, 6.07) is 0. The topological polar surface area (TPSA) is 241 Å². The van der Waals surface area contributed by atoms with Crippen LogP contribution in [0.3, 0.4) is 0 Å². The predicted octanol–water partition coefficient (Wildman–Crippen LogP) is 12.6. The minimum atomic E-state index is -1.47. The minimum absolute atomic E-state index is 0.171. The van der Waals surface area contributed by atoms with Crippen molar-refractivity contribution in [2.24, 2.45) is 0 Å². The Hall–Kier alpha value is -2.36. The Morgan fingerprint density at radius 3 is 0.427 bits per heavy atom. The Labute approximate surface area is 529 Å². The van der Waals surface area contributed by atoms with Crippen molar-refractivity contribution in [2.75, 3.05) is 0 Å². The van der Waals surface area contributed by atoms with E-state index in [1.165, 1.54) is 250 Å². The van der Waals surface area contributed by atoms with E-state index in [-0.39, 0.29) is 36.0 Å². The molecule has 0 N–H and O–H groups in total. The Bertz CT molecular complexity index is 1350. The molecule has 82 heavy (non-hydrogen) atoms. The van der Waals surface area contributed by atoms with Crippen LogP contribution in [-0.2, 0) is 28.8 Å². The number of unbranched alkanes of at least 4 members (excludes halogenated alkanes) is 45. The van der Waals surface area contributed by atoms with Crippen LogP contribution < -0.4 is 30.6 Å². The maximum absolute atomic E-state index is 10.8. The van der Waals surface area contributed by atoms with Gasteiger partial charge >= 0.3 is 54.9 Å². The number of carbonyl (C=O) groups excluding carboxylic acids is 6. The molecule has 0 unspecified atom stereocenters. The van der Waals surface area contributed by atoms with E-state index in [1.807, 2.05) is 0 Å². The first-order chi connectivity index (χ1) is 39.7. The Balaban J connectivity index is -0.000000350. The van der Waals surface area contributed by atoms with Crippen LogP contribution in [0.2, 0.25) is 9.88 Å². The van der Waals surface area contributed by atoms with Crippen LogP contribution in [0, 0.1) is 0 Å². The number of aliphatic carboxylic acids is 6. The molecule has 0 aromatic rings. The van der Waals surface area contributed by atoms with E-state index in [4.69, 9.17) is 0 Å². The molecular weight excluding hydrogens is 1250 g/mol. The van der Waals surface area contributed by atoms with Gasteiger partial charge in [-0.3, -0.25) is 0 Å². The molecule has 0 atom stereocenters. The number of carbonyl (C=O) groups is 6. The van der Waals surface area contributed by atoms with Crippen molar-refractivity contribution < 1.29 is 59.4 Å². The first kappa shape index (κ1) is 88.4. The van der Waals surface area contributed by atoms with E-state index in [2.05, 4.69) is 30.7 Å². The van der Waals surface area contributed by atoms with Gasteiger partial charge in [0.15, 0.2) is 0 Å². The average Bonchev–Trinajstić information content (AvgIpc) is 3.45. The number of hydrogen-bond acceptors (Lipinski definition) is 12. The molecule has 0 bridgehead atoms. The van der Waals surface area contributed by atoms with Gasteiger partial charge in [-0.15, -0.1) is 0 Å². The van der Waals surface area contributed by atoms with Crippen molar-refractivity contribution in [3.8, 4) is 0 Å². The Morgan fingerprint density at radius 2 is 0.329 bits per heavy atom. The van der Waals surface area contributed by atoms with Gasteiger partial charge in [0.2, 0.25) is 0 Å². The van der Waals surface area contributed by atoms with Crippen LogP contribution in [0.1, 0.15) is 348 Å². The van der Waals surface area contributed by atoms with Gasteiger partial charge in [0.1, 0.15) is 0 Å². The van der Waals surface area contributed by atoms with Crippen molar-refractivity contribution in [1.82, 2.24) is 0 Å². The molecule has 472 valence electrons. The van der Waals surface area contributed by atoms with Crippen LogP contribution in [-0.4, -0.2) is 80.9 Å². The third-order valence-corrected chi connectivity index (χ3v) is 14.6. The molecular formula is C68H120O12Sn2. The first-order valence-corrected chi connectivity index (χ1v) is 38.8. The molecule has 0 rings (SSSR count). The monoisotopic (exact) mass is 1370 g/mol. The van der Waals surface area contributed by atoms with E-state index in [9.17, 15) is 59.4 Å². The maximum atomic E-state index is 10.8. The zero-order chi connectivity index (χ0) is 62.4. The molecule has 0 saturated carbocycles. The van der Waals surface area contributed by atoms with Gasteiger partial charge in [0.25, 0.3) is 0 Å². The van der Waals surface area contributed by atoms with Crippen LogP contribution in [0.5, 0.6) is 0 Å². The van der Waals surface area contributed by atoms with Crippen LogP contribution >= 0.6 is 0 Å². The molecule has 0 aromatic carbocycles. The molecule has 0 aliphatic carbocycles. The summed E-state index contributed by atoms with van der Waals surface area (Å²) >= 11 is 3.10. The molecule has 0 heterocycles. The van der Waals surface area contributed by atoms with Gasteiger partial charge in [-0.05, 0) is 73.5 Å². The normalized spacial score (nSPS) is 11.3. The van der Waals surface area contributed by atoms with E-state index < -0.39 is 35.8 Å². The van der Waals surface area contributed by atoms with Crippen LogP contribution in [0.15, 0.2) is 34.9 Å². The predicted molar refractivity (Wildman–Crippen MR) is 330 cm³/mol. The molecule has 0 radical (unpaired) electrons. The summed E-state index contributed by atoms with van der Waals surface area (Å²) in [4.78, 5) is 67.7. The van der Waals surface area contributed by atoms with E-state index in [0.717, 1.165) is 38.5 Å². The number of carboxylic acid groups (broad SMARTS) is 6. The molecule has 0 amide bonds. The van der Waals surface area contributed by atoms with Gasteiger partial charge in [-0.2, -0.15) is 0 Å². The molecule has 0 spiro atoms. The summed E-state index contributed by atoms with van der Waals surface area (Å²) in [5.74, 6) is -8.64. The van der Waals surface area contributed by atoms with Crippen molar-refractivity contribution in [1.29, 1.82) is 0 Å². The summed E-state index contributed by atoms with van der Waals surface area (Å²) in [7, 11) is 0. The molecule has 0 saturated heterocycles. The van der Waals surface area contributed by atoms with E-state index >= 15 is 0 Å². The number of hydrogen-bond donors (Lipinski definition) is 0. The molecule has 14 heteroatoms. The molecule has 0 aliphatic heterocycles. The van der Waals surface area contributed by atoms with Gasteiger partial charge < -0.3 is 59.4 Å². The Kier molecular flexibility index (Phi) is 82.6. The fourth-order valence-electron chi connectivity index (χ4n) is 9.72. The van der Waals surface area contributed by atoms with E-state index in [1.54, 1.807) is 45.0 Å². The third kappa shape index (κ3) is 79.7. The standard InChI is InChI=1S/3C22H40O4.2CH3.2Sn/c3*1-2-3-4-5-6-7-8-9-10-11-12-13-14-15-16-17-18-20(22(25)26)19-21(23)24;;;;/h3*19H,2-18H2,1H3,(H,23,24)(H,25,26);2*1H3;;/q;;;;;2*+3/p-6/b3*20-19-;;;;. The van der Waals surface area contributed by atoms with Gasteiger partial charge in [-0.25, -0.2) is 0 Å². The van der Waals surface area contributed by atoms with Crippen molar-refractivity contribution >= 4 is 80.9 Å². The SMILES string of the molecule is CCCCCCCCCCCCCCCCCC/C(=C/C(=O)[O-])C(=O)[O-].CCCCCCCCCCCCCCCCCC/C(=C/C(=O)[O-])C(=O)[O-].CCCCCCCCCCCCCCCCCC/C(=C/C(=O)[O-])C(=O)[O-].[CH3][Sn+3].[CH3][Sn+3]. The van der Waals surface area contributed by atoms with Crippen LogP contribution in [0.25, 0.3) is 0 Å². The number of rotatable bonds is 57. The van der Waals surface area contributed by atoms with Gasteiger partial charge in [-0.1, -0.05) is 310 Å². The van der Waals surface area contributed by atoms with E-state index in [0.29, 0.717) is 37.5 Å². The zero-order valence-corrected chi connectivity index (χ0v) is 58.9. The van der Waals surface area contributed by atoms with Gasteiger partial charge in [0.05, 0.1) is 35.8 Å². The third-order valence-electron chi connectivity index (χ3n) is 14.6. The average molecular weight is 1370 g/mol. The summed E-state index contributed by atoms with van der Waals surface area (Å²) in [5, 5.41) is 63.5. The fourth-order valence-corrected chi connectivity index (χ4v) is 9.72. The van der Waals surface area contributed by atoms with Crippen molar-refractivity contribution in [3.05, 3.63) is 34.9 Å². The van der Waals surface area contributed by atoms with Crippen LogP contribution in [0.4, 0.5) is 0 Å². The van der Waals surface area contributed by atoms with Gasteiger partial charge in [0, 0.05) is 0 Å². The molecule has 0 aromatic heterocycles. The second kappa shape index (κ2) is 76.7. The molecule has 0 aliphatic rings. The summed E-state index contributed by atoms with van der Waals surface area (Å²) in [6.45, 7) is 6.76. The summed E-state index contributed by atoms with van der Waals surface area (Å²) < 4.78 is 0. The summed E-state index contributed by atoms with van der Waals surface area (Å²) in [6.07, 6.45) is 62.9. The quantitative estimate of drug-likeness (QED) is 0.0314. The van der Waals surface area contributed by atoms with Crippen molar-refractivity contribution in [3.63, 3.8) is 0 Å². The second-order valence-electron chi connectivity index (χ2n) is 22.0. The van der Waals surface area contributed by atoms with Crippen molar-refractivity contribution in [2.45, 2.75) is 358 Å². The fraction of sp³-hybridized carbons (Fsp3) is 0.824.